The second-order valence-corrected chi connectivity index (χ2v) is 6.86. The molecule has 0 spiro atoms. The van der Waals surface area contributed by atoms with E-state index in [4.69, 9.17) is 16.2 Å². The van der Waals surface area contributed by atoms with Gasteiger partial charge in [-0.2, -0.15) is 9.98 Å². The van der Waals surface area contributed by atoms with E-state index < -0.39 is 17.1 Å². The third-order valence-electron chi connectivity index (χ3n) is 3.46. The Hall–Kier alpha value is -2.88. The van der Waals surface area contributed by atoms with E-state index in [0.717, 1.165) is 24.6 Å². The van der Waals surface area contributed by atoms with Gasteiger partial charge in [-0.25, -0.2) is 4.79 Å². The van der Waals surface area contributed by atoms with Gasteiger partial charge in [-0.15, -0.1) is 0 Å². The number of anilines is 1. The molecule has 1 aliphatic rings. The smallest absolute Gasteiger partial charge is 0.338 e. The van der Waals surface area contributed by atoms with Gasteiger partial charge in [0.2, 0.25) is 5.91 Å². The van der Waals surface area contributed by atoms with E-state index in [1.165, 1.54) is 0 Å². The highest BCUT2D eigenvalue weighted by Gasteiger charge is 2.30. The molecule has 0 aromatic heterocycles. The Labute approximate surface area is 160 Å². The zero-order chi connectivity index (χ0) is 19.8. The van der Waals surface area contributed by atoms with Gasteiger partial charge >= 0.3 is 5.97 Å². The molecule has 1 heterocycles. The van der Waals surface area contributed by atoms with Gasteiger partial charge < -0.3 is 21.5 Å². The summed E-state index contributed by atoms with van der Waals surface area (Å²) >= 11 is 1.03. The van der Waals surface area contributed by atoms with Crippen molar-refractivity contribution >= 4 is 46.4 Å². The van der Waals surface area contributed by atoms with Gasteiger partial charge in [0.05, 0.1) is 12.2 Å². The number of nitrogens with one attached hydrogen (secondary N) is 1. The molecule has 1 unspecified atom stereocenters. The van der Waals surface area contributed by atoms with Gasteiger partial charge in [-0.1, -0.05) is 25.1 Å². The molecule has 0 saturated heterocycles. The molecule has 2 rings (SSSR count). The second kappa shape index (κ2) is 9.72. The van der Waals surface area contributed by atoms with Gasteiger partial charge in [0.15, 0.2) is 11.1 Å². The summed E-state index contributed by atoms with van der Waals surface area (Å²) in [6, 6.07) is 6.33. The van der Waals surface area contributed by atoms with Crippen molar-refractivity contribution in [2.24, 2.45) is 21.5 Å². The molecule has 0 saturated carbocycles. The van der Waals surface area contributed by atoms with Crippen LogP contribution < -0.4 is 16.8 Å². The van der Waals surface area contributed by atoms with Crippen molar-refractivity contribution in [3.05, 3.63) is 29.8 Å². The zero-order valence-electron chi connectivity index (χ0n) is 14.8. The summed E-state index contributed by atoms with van der Waals surface area (Å²) in [6.07, 6.45) is 1.68. The quantitative estimate of drug-likeness (QED) is 0.274. The van der Waals surface area contributed by atoms with Gasteiger partial charge in [0.1, 0.15) is 5.25 Å². The molecule has 5 N–H and O–H groups in total. The summed E-state index contributed by atoms with van der Waals surface area (Å²) < 4.78 is 5.12. The van der Waals surface area contributed by atoms with E-state index in [1.807, 2.05) is 6.92 Å². The third kappa shape index (κ3) is 6.41. The SMILES string of the molecule is CCCCOC(=O)c1ccc(NC(=O)CC2SC(N=C(N)N)=NC2=O)cc1. The molecule has 10 heteroatoms. The van der Waals surface area contributed by atoms with E-state index >= 15 is 0 Å². The molecule has 1 aromatic carbocycles. The minimum atomic E-state index is -0.670. The zero-order valence-corrected chi connectivity index (χ0v) is 15.6. The first-order chi connectivity index (χ1) is 12.9. The average molecular weight is 391 g/mol. The van der Waals surface area contributed by atoms with Crippen LogP contribution in [0.15, 0.2) is 34.3 Å². The number of ether oxygens (including phenoxy) is 1. The van der Waals surface area contributed by atoms with Gasteiger partial charge in [-0.05, 0) is 30.7 Å². The molecule has 1 aromatic rings. The number of carbonyl (C=O) groups is 3. The van der Waals surface area contributed by atoms with E-state index in [2.05, 4.69) is 15.3 Å². The summed E-state index contributed by atoms with van der Waals surface area (Å²) in [5, 5.41) is 2.14. The first-order valence-corrected chi connectivity index (χ1v) is 9.23. The van der Waals surface area contributed by atoms with Crippen molar-refractivity contribution < 1.29 is 19.1 Å². The highest BCUT2D eigenvalue weighted by molar-refractivity contribution is 8.15. The fourth-order valence-electron chi connectivity index (χ4n) is 2.12. The van der Waals surface area contributed by atoms with E-state index in [1.54, 1.807) is 24.3 Å². The largest absolute Gasteiger partial charge is 0.462 e. The van der Waals surface area contributed by atoms with Crippen LogP contribution in [0.1, 0.15) is 36.5 Å². The first-order valence-electron chi connectivity index (χ1n) is 8.35. The van der Waals surface area contributed by atoms with Crippen LogP contribution in [0, 0.1) is 0 Å². The lowest BCUT2D eigenvalue weighted by Crippen LogP contribution is -2.23. The summed E-state index contributed by atoms with van der Waals surface area (Å²) in [4.78, 5) is 43.2. The minimum Gasteiger partial charge on any atom is -0.462 e. The lowest BCUT2D eigenvalue weighted by molar-refractivity contribution is -0.121. The minimum absolute atomic E-state index is 0.0721. The molecule has 1 aliphatic heterocycles. The van der Waals surface area contributed by atoms with Crippen molar-refractivity contribution in [2.75, 3.05) is 11.9 Å². The molecule has 9 nitrogen and oxygen atoms in total. The molecule has 0 aliphatic carbocycles. The maximum Gasteiger partial charge on any atom is 0.338 e. The number of nitrogens with zero attached hydrogens (tertiary/aromatic N) is 2. The number of guanidine groups is 1. The van der Waals surface area contributed by atoms with Gasteiger partial charge in [0, 0.05) is 12.1 Å². The lowest BCUT2D eigenvalue weighted by atomic mass is 10.2. The average Bonchev–Trinajstić information content (AvgIpc) is 2.93. The molecule has 144 valence electrons. The van der Waals surface area contributed by atoms with Crippen LogP contribution in [0.3, 0.4) is 0 Å². The highest BCUT2D eigenvalue weighted by Crippen LogP contribution is 2.26. The van der Waals surface area contributed by atoms with Crippen molar-refractivity contribution in [1.29, 1.82) is 0 Å². The number of thioether (sulfide) groups is 1. The number of esters is 1. The van der Waals surface area contributed by atoms with Crippen LogP contribution in [0.2, 0.25) is 0 Å². The van der Waals surface area contributed by atoms with Crippen LogP contribution in [-0.2, 0) is 14.3 Å². The second-order valence-electron chi connectivity index (χ2n) is 5.69. The molecule has 2 amide bonds. The fraction of sp³-hybridized carbons (Fsp3) is 0.353. The standard InChI is InChI=1S/C17H21N5O4S/c1-2-3-8-26-15(25)10-4-6-11(7-5-10)20-13(23)9-12-14(24)21-17(27-12)22-16(18)19/h4-7,12H,2-3,8-9H2,1H3,(H,20,23)(H4,18,19,21,22,24). The highest BCUT2D eigenvalue weighted by atomic mass is 32.2. The Morgan fingerprint density at radius 3 is 2.63 bits per heavy atom. The Kier molecular flexibility index (Phi) is 7.35. The molecule has 0 fully saturated rings. The third-order valence-corrected chi connectivity index (χ3v) is 4.51. The maximum absolute atomic E-state index is 12.1. The van der Waals surface area contributed by atoms with Crippen LogP contribution in [0.25, 0.3) is 0 Å². The number of aliphatic imine (C=N–C) groups is 2. The van der Waals surface area contributed by atoms with Crippen LogP contribution in [0.5, 0.6) is 0 Å². The van der Waals surface area contributed by atoms with Crippen LogP contribution in [-0.4, -0.2) is 40.8 Å². The van der Waals surface area contributed by atoms with Gasteiger partial charge in [-0.3, -0.25) is 9.59 Å². The number of amides is 2. The van der Waals surface area contributed by atoms with Crippen molar-refractivity contribution in [3.8, 4) is 0 Å². The van der Waals surface area contributed by atoms with E-state index in [0.29, 0.717) is 17.9 Å². The molecular weight excluding hydrogens is 370 g/mol. The Morgan fingerprint density at radius 1 is 1.30 bits per heavy atom. The van der Waals surface area contributed by atoms with Crippen molar-refractivity contribution in [1.82, 2.24) is 0 Å². The van der Waals surface area contributed by atoms with Crippen molar-refractivity contribution in [3.63, 3.8) is 0 Å². The number of hydrogen-bond acceptors (Lipinski definition) is 6. The van der Waals surface area contributed by atoms with Crippen LogP contribution >= 0.6 is 11.8 Å². The fourth-order valence-corrected chi connectivity index (χ4v) is 3.07. The number of amidine groups is 1. The Balaban J connectivity index is 1.85. The predicted molar refractivity (Wildman–Crippen MR) is 105 cm³/mol. The summed E-state index contributed by atoms with van der Waals surface area (Å²) in [5.74, 6) is -1.42. The lowest BCUT2D eigenvalue weighted by Gasteiger charge is -2.09. The number of carbonyl (C=O) groups excluding carboxylic acids is 3. The summed E-state index contributed by atoms with van der Waals surface area (Å²) in [7, 11) is 0. The Morgan fingerprint density at radius 2 is 2.00 bits per heavy atom. The number of rotatable bonds is 7. The number of hydrogen-bond donors (Lipinski definition) is 3. The monoisotopic (exact) mass is 391 g/mol. The molecule has 1 atom stereocenters. The maximum atomic E-state index is 12.1. The van der Waals surface area contributed by atoms with Crippen molar-refractivity contribution in [2.45, 2.75) is 31.4 Å². The Bertz CT molecular complexity index is 772. The van der Waals surface area contributed by atoms with Gasteiger partial charge in [0.25, 0.3) is 5.91 Å². The molecular formula is C17H21N5O4S. The molecule has 27 heavy (non-hydrogen) atoms. The first kappa shape index (κ1) is 20.4. The number of benzene rings is 1. The summed E-state index contributed by atoms with van der Waals surface area (Å²) in [5.41, 5.74) is 11.4. The van der Waals surface area contributed by atoms with E-state index in [9.17, 15) is 14.4 Å². The van der Waals surface area contributed by atoms with Crippen LogP contribution in [0.4, 0.5) is 5.69 Å². The number of unbranched alkanes of at least 4 members (excludes halogenated alkanes) is 1. The predicted octanol–water partition coefficient (Wildman–Crippen LogP) is 1.24. The number of nitrogens with two attached hydrogens (primary N) is 2. The molecule has 0 radical (unpaired) electrons. The topological polar surface area (TPSA) is 149 Å². The summed E-state index contributed by atoms with van der Waals surface area (Å²) in [6.45, 7) is 2.39. The van der Waals surface area contributed by atoms with E-state index in [-0.39, 0.29) is 23.5 Å². The normalized spacial score (nSPS) is 15.8. The molecule has 0 bridgehead atoms.